The van der Waals surface area contributed by atoms with Crippen LogP contribution in [-0.2, 0) is 6.61 Å². The van der Waals surface area contributed by atoms with Gasteiger partial charge in [0.1, 0.15) is 6.61 Å². The van der Waals surface area contributed by atoms with Gasteiger partial charge in [-0.2, -0.15) is 5.10 Å². The maximum atomic E-state index is 6.19. The van der Waals surface area contributed by atoms with E-state index >= 15 is 0 Å². The van der Waals surface area contributed by atoms with E-state index in [2.05, 4.69) is 15.8 Å². The molecule has 2 N–H and O–H groups in total. The first-order valence-electron chi connectivity index (χ1n) is 8.44. The lowest BCUT2D eigenvalue weighted by molar-refractivity contribution is 0.269. The van der Waals surface area contributed by atoms with Crippen molar-refractivity contribution in [2.24, 2.45) is 5.10 Å². The molecule has 0 amide bonds. The molecular formula is C19H21Cl2N3O2S. The van der Waals surface area contributed by atoms with Gasteiger partial charge in [-0.3, -0.25) is 5.43 Å². The third kappa shape index (κ3) is 6.57. The van der Waals surface area contributed by atoms with Gasteiger partial charge < -0.3 is 14.8 Å². The minimum Gasteiger partial charge on any atom is -0.490 e. The summed E-state index contributed by atoms with van der Waals surface area (Å²) in [5.41, 5.74) is 4.32. The third-order valence-corrected chi connectivity index (χ3v) is 4.36. The fourth-order valence-corrected chi connectivity index (χ4v) is 2.88. The SMILES string of the molecule is CCNC(=S)N/N=C\c1ccc(OCc2c(Cl)cccc2Cl)c(OCC)c1. The molecule has 2 aromatic rings. The topological polar surface area (TPSA) is 54.9 Å². The molecule has 0 aliphatic rings. The van der Waals surface area contributed by atoms with Crippen LogP contribution in [0.25, 0.3) is 0 Å². The normalized spacial score (nSPS) is 10.7. The number of hydrogen-bond acceptors (Lipinski definition) is 4. The molecule has 0 saturated heterocycles. The van der Waals surface area contributed by atoms with Gasteiger partial charge in [0.2, 0.25) is 0 Å². The van der Waals surface area contributed by atoms with Gasteiger partial charge in [0.15, 0.2) is 16.6 Å². The molecule has 0 atom stereocenters. The van der Waals surface area contributed by atoms with E-state index in [1.807, 2.05) is 32.0 Å². The minimum absolute atomic E-state index is 0.241. The Hall–Kier alpha value is -2.02. The van der Waals surface area contributed by atoms with E-state index in [-0.39, 0.29) is 6.61 Å². The monoisotopic (exact) mass is 425 g/mol. The van der Waals surface area contributed by atoms with Gasteiger partial charge in [-0.1, -0.05) is 29.3 Å². The average molecular weight is 426 g/mol. The van der Waals surface area contributed by atoms with E-state index in [0.29, 0.717) is 33.3 Å². The third-order valence-electron chi connectivity index (χ3n) is 3.42. The second-order valence-corrected chi connectivity index (χ2v) is 6.58. The first-order chi connectivity index (χ1) is 13.0. The Bertz CT molecular complexity index is 795. The maximum absolute atomic E-state index is 6.19. The minimum atomic E-state index is 0.241. The summed E-state index contributed by atoms with van der Waals surface area (Å²) in [4.78, 5) is 0. The van der Waals surface area contributed by atoms with Crippen molar-refractivity contribution >= 4 is 46.7 Å². The van der Waals surface area contributed by atoms with Crippen LogP contribution in [-0.4, -0.2) is 24.5 Å². The first kappa shape index (κ1) is 21.3. The molecular weight excluding hydrogens is 405 g/mol. The number of rotatable bonds is 8. The number of benzene rings is 2. The number of ether oxygens (including phenoxy) is 2. The Labute approximate surface area is 174 Å². The zero-order chi connectivity index (χ0) is 19.6. The highest BCUT2D eigenvalue weighted by Crippen LogP contribution is 2.31. The van der Waals surface area contributed by atoms with Gasteiger partial charge in [0.05, 0.1) is 12.8 Å². The van der Waals surface area contributed by atoms with E-state index < -0.39 is 0 Å². The summed E-state index contributed by atoms with van der Waals surface area (Å²) in [7, 11) is 0. The van der Waals surface area contributed by atoms with E-state index in [1.54, 1.807) is 24.4 Å². The molecule has 0 heterocycles. The highest BCUT2D eigenvalue weighted by molar-refractivity contribution is 7.80. The van der Waals surface area contributed by atoms with E-state index in [0.717, 1.165) is 17.7 Å². The van der Waals surface area contributed by atoms with Crippen molar-refractivity contribution in [1.82, 2.24) is 10.7 Å². The molecule has 0 aliphatic heterocycles. The number of nitrogens with zero attached hydrogens (tertiary/aromatic N) is 1. The van der Waals surface area contributed by atoms with Crippen molar-refractivity contribution < 1.29 is 9.47 Å². The van der Waals surface area contributed by atoms with Gasteiger partial charge in [-0.15, -0.1) is 0 Å². The molecule has 0 radical (unpaired) electrons. The fourth-order valence-electron chi connectivity index (χ4n) is 2.18. The fraction of sp³-hybridized carbons (Fsp3) is 0.263. The summed E-state index contributed by atoms with van der Waals surface area (Å²) in [6, 6.07) is 10.9. The molecule has 0 unspecified atom stereocenters. The molecule has 27 heavy (non-hydrogen) atoms. The Morgan fingerprint density at radius 2 is 1.85 bits per heavy atom. The Morgan fingerprint density at radius 1 is 1.11 bits per heavy atom. The second kappa shape index (κ2) is 11.0. The molecule has 2 rings (SSSR count). The largest absolute Gasteiger partial charge is 0.490 e. The Kier molecular flexibility index (Phi) is 8.64. The standard InChI is InChI=1S/C19H21Cl2N3O2S/c1-3-22-19(27)24-23-11-13-8-9-17(18(10-13)25-4-2)26-12-14-15(20)6-5-7-16(14)21/h5-11H,3-4,12H2,1-2H3,(H2,22,24,27)/b23-11-. The summed E-state index contributed by atoms with van der Waals surface area (Å²) in [6.45, 7) is 5.35. The van der Waals surface area contributed by atoms with Crippen LogP contribution in [0.5, 0.6) is 11.5 Å². The van der Waals surface area contributed by atoms with E-state index in [1.165, 1.54) is 0 Å². The predicted octanol–water partition coefficient (Wildman–Crippen LogP) is 4.79. The molecule has 0 spiro atoms. The smallest absolute Gasteiger partial charge is 0.186 e. The number of hydrazone groups is 1. The first-order valence-corrected chi connectivity index (χ1v) is 9.61. The van der Waals surface area contributed by atoms with Crippen molar-refractivity contribution in [3.05, 3.63) is 57.6 Å². The molecule has 0 saturated carbocycles. The highest BCUT2D eigenvalue weighted by Gasteiger charge is 2.10. The Morgan fingerprint density at radius 3 is 2.52 bits per heavy atom. The summed E-state index contributed by atoms with van der Waals surface area (Å²) in [5.74, 6) is 1.21. The lowest BCUT2D eigenvalue weighted by atomic mass is 10.2. The van der Waals surface area contributed by atoms with Gasteiger partial charge in [-0.05, 0) is 62.0 Å². The highest BCUT2D eigenvalue weighted by atomic mass is 35.5. The molecule has 144 valence electrons. The van der Waals surface area contributed by atoms with Crippen molar-refractivity contribution in [3.8, 4) is 11.5 Å². The Balaban J connectivity index is 2.10. The van der Waals surface area contributed by atoms with Crippen LogP contribution in [0.15, 0.2) is 41.5 Å². The number of hydrogen-bond donors (Lipinski definition) is 2. The van der Waals surface area contributed by atoms with Gasteiger partial charge in [0.25, 0.3) is 0 Å². The van der Waals surface area contributed by atoms with Crippen molar-refractivity contribution in [1.29, 1.82) is 0 Å². The molecule has 0 aromatic heterocycles. The molecule has 5 nitrogen and oxygen atoms in total. The number of nitrogens with one attached hydrogen (secondary N) is 2. The maximum Gasteiger partial charge on any atom is 0.186 e. The zero-order valence-corrected chi connectivity index (χ0v) is 17.4. The van der Waals surface area contributed by atoms with Gasteiger partial charge in [0, 0.05) is 22.2 Å². The summed E-state index contributed by atoms with van der Waals surface area (Å²) >= 11 is 17.4. The van der Waals surface area contributed by atoms with Crippen molar-refractivity contribution in [2.75, 3.05) is 13.2 Å². The summed E-state index contributed by atoms with van der Waals surface area (Å²) in [6.07, 6.45) is 1.65. The van der Waals surface area contributed by atoms with Crippen LogP contribution < -0.4 is 20.2 Å². The van der Waals surface area contributed by atoms with Crippen LogP contribution in [0.1, 0.15) is 25.0 Å². The van der Waals surface area contributed by atoms with Crippen LogP contribution in [0.2, 0.25) is 10.0 Å². The van der Waals surface area contributed by atoms with Crippen molar-refractivity contribution in [3.63, 3.8) is 0 Å². The van der Waals surface area contributed by atoms with Gasteiger partial charge >= 0.3 is 0 Å². The quantitative estimate of drug-likeness (QED) is 0.361. The average Bonchev–Trinajstić information content (AvgIpc) is 2.63. The number of thiocarbonyl (C=S) groups is 1. The van der Waals surface area contributed by atoms with Crippen LogP contribution >= 0.6 is 35.4 Å². The van der Waals surface area contributed by atoms with Crippen LogP contribution in [0.4, 0.5) is 0 Å². The summed E-state index contributed by atoms with van der Waals surface area (Å²) in [5, 5.41) is 8.64. The van der Waals surface area contributed by atoms with Crippen LogP contribution in [0.3, 0.4) is 0 Å². The van der Waals surface area contributed by atoms with Crippen molar-refractivity contribution in [2.45, 2.75) is 20.5 Å². The van der Waals surface area contributed by atoms with E-state index in [9.17, 15) is 0 Å². The van der Waals surface area contributed by atoms with E-state index in [4.69, 9.17) is 44.9 Å². The molecule has 0 bridgehead atoms. The molecule has 2 aromatic carbocycles. The lowest BCUT2D eigenvalue weighted by Crippen LogP contribution is -2.31. The lowest BCUT2D eigenvalue weighted by Gasteiger charge is -2.14. The molecule has 0 fully saturated rings. The number of halogens is 2. The van der Waals surface area contributed by atoms with Gasteiger partial charge in [-0.25, -0.2) is 0 Å². The predicted molar refractivity (Wildman–Crippen MR) is 115 cm³/mol. The molecule has 8 heteroatoms. The van der Waals surface area contributed by atoms with Crippen LogP contribution in [0, 0.1) is 0 Å². The zero-order valence-electron chi connectivity index (χ0n) is 15.1. The molecule has 0 aliphatic carbocycles. The summed E-state index contributed by atoms with van der Waals surface area (Å²) < 4.78 is 11.6. The second-order valence-electron chi connectivity index (χ2n) is 5.36.